The number of rotatable bonds is 5. The minimum absolute atomic E-state index is 0.0824. The molecule has 2 aromatic rings. The van der Waals surface area contributed by atoms with Gasteiger partial charge in [0.2, 0.25) is 0 Å². The number of aromatic nitrogens is 2. The van der Waals surface area contributed by atoms with Crippen LogP contribution in [-0.4, -0.2) is 33.9 Å². The van der Waals surface area contributed by atoms with Gasteiger partial charge >= 0.3 is 0 Å². The normalized spacial score (nSPS) is 15.0. The van der Waals surface area contributed by atoms with Gasteiger partial charge in [-0.1, -0.05) is 49.6 Å². The van der Waals surface area contributed by atoms with Gasteiger partial charge in [-0.25, -0.2) is 9.97 Å². The topological polar surface area (TPSA) is 58.1 Å². The molecule has 132 valence electrons. The first-order valence-corrected chi connectivity index (χ1v) is 9.03. The molecule has 1 aliphatic carbocycles. The van der Waals surface area contributed by atoms with E-state index >= 15 is 0 Å². The van der Waals surface area contributed by atoms with Crippen molar-refractivity contribution in [3.8, 4) is 0 Å². The first-order valence-electron chi connectivity index (χ1n) is 9.03. The molecule has 1 heterocycles. The van der Waals surface area contributed by atoms with Crippen LogP contribution in [0.15, 0.2) is 36.4 Å². The Bertz CT molecular complexity index is 711. The van der Waals surface area contributed by atoms with Crippen LogP contribution in [-0.2, 0) is 6.54 Å². The third kappa shape index (κ3) is 4.78. The molecule has 0 spiro atoms. The molecular formula is C20H26N4O. The van der Waals surface area contributed by atoms with E-state index in [2.05, 4.69) is 15.3 Å². The van der Waals surface area contributed by atoms with Crippen LogP contribution in [0, 0.1) is 6.92 Å². The lowest BCUT2D eigenvalue weighted by Gasteiger charge is -2.23. The fraction of sp³-hybridized carbons (Fsp3) is 0.450. The van der Waals surface area contributed by atoms with Crippen LogP contribution in [0.3, 0.4) is 0 Å². The van der Waals surface area contributed by atoms with Crippen LogP contribution in [0.5, 0.6) is 0 Å². The summed E-state index contributed by atoms with van der Waals surface area (Å²) in [5.41, 5.74) is 1.55. The molecule has 0 aliphatic heterocycles. The molecule has 0 saturated heterocycles. The van der Waals surface area contributed by atoms with Crippen molar-refractivity contribution < 1.29 is 4.79 Å². The first-order chi connectivity index (χ1) is 12.1. The summed E-state index contributed by atoms with van der Waals surface area (Å²) in [7, 11) is 1.81. The van der Waals surface area contributed by atoms with Gasteiger partial charge in [0.25, 0.3) is 5.91 Å². The highest BCUT2D eigenvalue weighted by molar-refractivity contribution is 5.92. The Morgan fingerprint density at radius 2 is 1.88 bits per heavy atom. The highest BCUT2D eigenvalue weighted by Gasteiger charge is 2.18. The molecule has 5 nitrogen and oxygen atoms in total. The molecule has 1 aromatic carbocycles. The zero-order valence-corrected chi connectivity index (χ0v) is 15.0. The monoisotopic (exact) mass is 338 g/mol. The summed E-state index contributed by atoms with van der Waals surface area (Å²) in [5.74, 6) is 1.30. The van der Waals surface area contributed by atoms with E-state index in [-0.39, 0.29) is 5.91 Å². The third-order valence-corrected chi connectivity index (χ3v) is 4.62. The number of carbonyl (C=O) groups is 1. The summed E-state index contributed by atoms with van der Waals surface area (Å²) in [4.78, 5) is 23.3. The van der Waals surface area contributed by atoms with Gasteiger partial charge in [0.05, 0.1) is 0 Å². The number of nitrogens with zero attached hydrogens (tertiary/aromatic N) is 3. The average Bonchev–Trinajstić information content (AvgIpc) is 2.62. The largest absolute Gasteiger partial charge is 0.367 e. The van der Waals surface area contributed by atoms with Crippen molar-refractivity contribution in [3.05, 3.63) is 53.5 Å². The van der Waals surface area contributed by atoms with Crippen LogP contribution in [0.4, 0.5) is 5.82 Å². The molecule has 5 heteroatoms. The number of benzene rings is 1. The Morgan fingerprint density at radius 3 is 2.60 bits per heavy atom. The summed E-state index contributed by atoms with van der Waals surface area (Å²) in [6.07, 6.45) is 6.16. The van der Waals surface area contributed by atoms with Crippen LogP contribution >= 0.6 is 0 Å². The second-order valence-electron chi connectivity index (χ2n) is 6.81. The van der Waals surface area contributed by atoms with Crippen molar-refractivity contribution in [1.29, 1.82) is 0 Å². The van der Waals surface area contributed by atoms with Gasteiger partial charge < -0.3 is 10.2 Å². The molecule has 3 rings (SSSR count). The maximum Gasteiger partial charge on any atom is 0.272 e. The summed E-state index contributed by atoms with van der Waals surface area (Å²) in [5, 5.41) is 3.48. The molecule has 0 radical (unpaired) electrons. The number of amides is 1. The molecule has 1 N–H and O–H groups in total. The van der Waals surface area contributed by atoms with Gasteiger partial charge in [-0.2, -0.15) is 0 Å². The molecule has 1 aromatic heterocycles. The van der Waals surface area contributed by atoms with Gasteiger partial charge in [-0.15, -0.1) is 0 Å². The van der Waals surface area contributed by atoms with Crippen LogP contribution in [0.25, 0.3) is 0 Å². The van der Waals surface area contributed by atoms with Gasteiger partial charge in [0.15, 0.2) is 0 Å². The van der Waals surface area contributed by atoms with E-state index in [4.69, 9.17) is 0 Å². The number of carbonyl (C=O) groups excluding carboxylic acids is 1. The van der Waals surface area contributed by atoms with Crippen molar-refractivity contribution in [2.75, 3.05) is 12.4 Å². The second kappa shape index (κ2) is 8.10. The summed E-state index contributed by atoms with van der Waals surface area (Å²) in [6, 6.07) is 12.2. The zero-order valence-electron chi connectivity index (χ0n) is 15.0. The zero-order chi connectivity index (χ0) is 17.6. The Kier molecular flexibility index (Phi) is 5.64. The summed E-state index contributed by atoms with van der Waals surface area (Å²) >= 11 is 0. The average molecular weight is 338 g/mol. The second-order valence-corrected chi connectivity index (χ2v) is 6.81. The van der Waals surface area contributed by atoms with Gasteiger partial charge in [0.1, 0.15) is 17.3 Å². The number of nitrogens with one attached hydrogen (secondary N) is 1. The van der Waals surface area contributed by atoms with Gasteiger partial charge in [-0.3, -0.25) is 4.79 Å². The minimum atomic E-state index is -0.0824. The Labute approximate surface area is 149 Å². The van der Waals surface area contributed by atoms with E-state index in [1.54, 1.807) is 18.0 Å². The number of anilines is 1. The van der Waals surface area contributed by atoms with Crippen molar-refractivity contribution >= 4 is 11.7 Å². The minimum Gasteiger partial charge on any atom is -0.367 e. The highest BCUT2D eigenvalue weighted by Crippen LogP contribution is 2.21. The third-order valence-electron chi connectivity index (χ3n) is 4.62. The Morgan fingerprint density at radius 1 is 1.16 bits per heavy atom. The van der Waals surface area contributed by atoms with Gasteiger partial charge in [-0.05, 0) is 25.3 Å². The van der Waals surface area contributed by atoms with Crippen molar-refractivity contribution in [2.24, 2.45) is 0 Å². The fourth-order valence-corrected chi connectivity index (χ4v) is 3.33. The van der Waals surface area contributed by atoms with Crippen molar-refractivity contribution in [1.82, 2.24) is 14.9 Å². The Hall–Kier alpha value is -2.43. The summed E-state index contributed by atoms with van der Waals surface area (Å²) < 4.78 is 0. The number of aryl methyl sites for hydroxylation is 1. The summed E-state index contributed by atoms with van der Waals surface area (Å²) in [6.45, 7) is 2.40. The first kappa shape index (κ1) is 17.4. The maximum atomic E-state index is 12.8. The van der Waals surface area contributed by atoms with E-state index in [1.807, 2.05) is 37.3 Å². The molecule has 1 saturated carbocycles. The Balaban J connectivity index is 1.71. The predicted octanol–water partition coefficient (Wildman–Crippen LogP) is 3.80. The van der Waals surface area contributed by atoms with Crippen LogP contribution in [0.1, 0.15) is 54.0 Å². The van der Waals surface area contributed by atoms with E-state index in [9.17, 15) is 4.79 Å². The SMILES string of the molecule is Cc1nc(NC2CCCCC2)cc(C(=O)N(C)Cc2ccccc2)n1. The van der Waals surface area contributed by atoms with Crippen molar-refractivity contribution in [3.63, 3.8) is 0 Å². The smallest absolute Gasteiger partial charge is 0.272 e. The molecule has 1 fully saturated rings. The maximum absolute atomic E-state index is 12.8. The fourth-order valence-electron chi connectivity index (χ4n) is 3.33. The van der Waals surface area contributed by atoms with E-state index in [0.29, 0.717) is 24.1 Å². The standard InChI is InChI=1S/C20H26N4O/c1-15-21-18(13-19(22-15)23-17-11-7-4-8-12-17)20(25)24(2)14-16-9-5-3-6-10-16/h3,5-6,9-10,13,17H,4,7-8,11-12,14H2,1-2H3,(H,21,22,23). The molecule has 0 bridgehead atoms. The molecule has 25 heavy (non-hydrogen) atoms. The van der Waals surface area contributed by atoms with Crippen LogP contribution < -0.4 is 5.32 Å². The predicted molar refractivity (Wildman–Crippen MR) is 99.5 cm³/mol. The van der Waals surface area contributed by atoms with Crippen molar-refractivity contribution in [2.45, 2.75) is 51.6 Å². The lowest BCUT2D eigenvalue weighted by molar-refractivity contribution is 0.0779. The molecule has 0 atom stereocenters. The quantitative estimate of drug-likeness (QED) is 0.901. The van der Waals surface area contributed by atoms with E-state index in [0.717, 1.165) is 11.4 Å². The van der Waals surface area contributed by atoms with Crippen LogP contribution in [0.2, 0.25) is 0 Å². The molecular weight excluding hydrogens is 312 g/mol. The molecule has 0 unspecified atom stereocenters. The number of hydrogen-bond donors (Lipinski definition) is 1. The van der Waals surface area contributed by atoms with E-state index in [1.165, 1.54) is 32.1 Å². The highest BCUT2D eigenvalue weighted by atomic mass is 16.2. The lowest BCUT2D eigenvalue weighted by atomic mass is 9.95. The lowest BCUT2D eigenvalue weighted by Crippen LogP contribution is -2.28. The molecule has 1 aliphatic rings. The molecule has 1 amide bonds. The van der Waals surface area contributed by atoms with Gasteiger partial charge in [0, 0.05) is 25.7 Å². The number of hydrogen-bond acceptors (Lipinski definition) is 4. The van der Waals surface area contributed by atoms with E-state index < -0.39 is 0 Å².